The zero-order chi connectivity index (χ0) is 12.3. The second-order valence-electron chi connectivity index (χ2n) is 4.08. The minimum atomic E-state index is 0.252. The highest BCUT2D eigenvalue weighted by atomic mass is 16.5. The van der Waals surface area contributed by atoms with Crippen molar-refractivity contribution in [2.24, 2.45) is 0 Å². The van der Waals surface area contributed by atoms with E-state index in [-0.39, 0.29) is 6.04 Å². The molecule has 2 aromatic heterocycles. The fraction of sp³-hybridized carbons (Fsp3) is 0.333. The molecule has 0 aliphatic heterocycles. The lowest BCUT2D eigenvalue weighted by molar-refractivity contribution is 0.297. The van der Waals surface area contributed by atoms with Gasteiger partial charge in [0, 0.05) is 18.3 Å². The van der Waals surface area contributed by atoms with Crippen molar-refractivity contribution in [2.75, 3.05) is 5.73 Å². The zero-order valence-corrected chi connectivity index (χ0v) is 10.00. The summed E-state index contributed by atoms with van der Waals surface area (Å²) in [6.07, 6.45) is 3.38. The Morgan fingerprint density at radius 1 is 1.47 bits per heavy atom. The monoisotopic (exact) mass is 232 g/mol. The molecule has 0 unspecified atom stereocenters. The molecule has 0 saturated heterocycles. The normalized spacial score (nSPS) is 10.8. The topological polar surface area (TPSA) is 66.0 Å². The third kappa shape index (κ3) is 2.75. The van der Waals surface area contributed by atoms with Crippen molar-refractivity contribution in [1.29, 1.82) is 0 Å². The van der Waals surface area contributed by atoms with Crippen molar-refractivity contribution in [1.82, 2.24) is 14.8 Å². The minimum absolute atomic E-state index is 0.252. The summed E-state index contributed by atoms with van der Waals surface area (Å²) in [6, 6.07) is 5.77. The molecule has 5 heteroatoms. The van der Waals surface area contributed by atoms with Crippen molar-refractivity contribution >= 4 is 5.82 Å². The van der Waals surface area contributed by atoms with Gasteiger partial charge in [0.15, 0.2) is 0 Å². The first-order valence-electron chi connectivity index (χ1n) is 5.53. The van der Waals surface area contributed by atoms with E-state index < -0.39 is 0 Å². The van der Waals surface area contributed by atoms with E-state index in [1.165, 1.54) is 0 Å². The number of pyridine rings is 1. The van der Waals surface area contributed by atoms with E-state index >= 15 is 0 Å². The molecule has 0 aliphatic rings. The van der Waals surface area contributed by atoms with Crippen LogP contribution in [0.3, 0.4) is 0 Å². The highest BCUT2D eigenvalue weighted by Gasteiger charge is 2.08. The molecule has 90 valence electrons. The Bertz CT molecular complexity index is 479. The molecule has 5 nitrogen and oxygen atoms in total. The molecule has 2 aromatic rings. The van der Waals surface area contributed by atoms with Gasteiger partial charge in [0.1, 0.15) is 23.9 Å². The summed E-state index contributed by atoms with van der Waals surface area (Å²) in [5.41, 5.74) is 6.66. The molecule has 0 atom stereocenters. The van der Waals surface area contributed by atoms with E-state index in [9.17, 15) is 0 Å². The van der Waals surface area contributed by atoms with Gasteiger partial charge in [0.2, 0.25) is 0 Å². The van der Waals surface area contributed by atoms with Gasteiger partial charge in [0.05, 0.1) is 6.20 Å². The first-order valence-corrected chi connectivity index (χ1v) is 5.53. The zero-order valence-electron chi connectivity index (χ0n) is 10.00. The maximum Gasteiger partial charge on any atom is 0.138 e. The Morgan fingerprint density at radius 2 is 2.29 bits per heavy atom. The number of nitrogen functional groups attached to an aromatic ring is 1. The van der Waals surface area contributed by atoms with Crippen LogP contribution >= 0.6 is 0 Å². The van der Waals surface area contributed by atoms with Gasteiger partial charge in [-0.1, -0.05) is 0 Å². The van der Waals surface area contributed by atoms with Gasteiger partial charge >= 0.3 is 0 Å². The smallest absolute Gasteiger partial charge is 0.138 e. The van der Waals surface area contributed by atoms with Crippen LogP contribution < -0.4 is 10.5 Å². The molecule has 0 bridgehead atoms. The number of aromatic nitrogens is 3. The number of nitrogens with zero attached hydrogens (tertiary/aromatic N) is 3. The molecule has 0 amide bonds. The molecule has 2 rings (SSSR count). The molecule has 0 aliphatic carbocycles. The predicted octanol–water partition coefficient (Wildman–Crippen LogP) is 2.02. The van der Waals surface area contributed by atoms with Gasteiger partial charge in [-0.3, -0.25) is 4.98 Å². The SMILES string of the molecule is CC(C)n1nc(COc2cccnc2)cc1N. The lowest BCUT2D eigenvalue weighted by Crippen LogP contribution is -2.07. The summed E-state index contributed by atoms with van der Waals surface area (Å²) in [5.74, 6) is 1.38. The van der Waals surface area contributed by atoms with Crippen LogP contribution in [0.4, 0.5) is 5.82 Å². The van der Waals surface area contributed by atoms with E-state index in [0.717, 1.165) is 11.4 Å². The molecule has 0 radical (unpaired) electrons. The van der Waals surface area contributed by atoms with Crippen molar-refractivity contribution in [2.45, 2.75) is 26.5 Å². The standard InChI is InChI=1S/C12H16N4O/c1-9(2)16-12(13)6-10(15-16)8-17-11-4-3-5-14-7-11/h3-7,9H,8,13H2,1-2H3. The van der Waals surface area contributed by atoms with Crippen molar-refractivity contribution in [3.8, 4) is 5.75 Å². The molecule has 2 heterocycles. The van der Waals surface area contributed by atoms with E-state index in [1.807, 2.05) is 32.0 Å². The lowest BCUT2D eigenvalue weighted by atomic mass is 10.4. The average Bonchev–Trinajstić information content (AvgIpc) is 2.69. The summed E-state index contributed by atoms with van der Waals surface area (Å²) in [5, 5.41) is 4.37. The summed E-state index contributed by atoms with van der Waals surface area (Å²) in [6.45, 7) is 4.47. The number of anilines is 1. The highest BCUT2D eigenvalue weighted by Crippen LogP contribution is 2.15. The first kappa shape index (κ1) is 11.4. The molecular weight excluding hydrogens is 216 g/mol. The minimum Gasteiger partial charge on any atom is -0.486 e. The maximum absolute atomic E-state index is 5.84. The average molecular weight is 232 g/mol. The molecule has 0 aromatic carbocycles. The van der Waals surface area contributed by atoms with E-state index in [2.05, 4.69) is 10.1 Å². The second-order valence-corrected chi connectivity index (χ2v) is 4.08. The van der Waals surface area contributed by atoms with E-state index in [4.69, 9.17) is 10.5 Å². The Morgan fingerprint density at radius 3 is 2.88 bits per heavy atom. The van der Waals surface area contributed by atoms with Gasteiger partial charge in [-0.05, 0) is 26.0 Å². The number of hydrogen-bond acceptors (Lipinski definition) is 4. The molecule has 0 spiro atoms. The maximum atomic E-state index is 5.84. The van der Waals surface area contributed by atoms with Crippen molar-refractivity contribution < 1.29 is 4.74 Å². The molecule has 17 heavy (non-hydrogen) atoms. The van der Waals surface area contributed by atoms with Crippen LogP contribution in [0.15, 0.2) is 30.6 Å². The van der Waals surface area contributed by atoms with Crippen LogP contribution in [0, 0.1) is 0 Å². The summed E-state index contributed by atoms with van der Waals surface area (Å²) in [4.78, 5) is 3.97. The van der Waals surface area contributed by atoms with Gasteiger partial charge in [-0.15, -0.1) is 0 Å². The molecule has 0 fully saturated rings. The van der Waals surface area contributed by atoms with Gasteiger partial charge in [-0.25, -0.2) is 4.68 Å². The highest BCUT2D eigenvalue weighted by molar-refractivity contribution is 5.31. The quantitative estimate of drug-likeness (QED) is 0.875. The van der Waals surface area contributed by atoms with Gasteiger partial charge < -0.3 is 10.5 Å². The van der Waals surface area contributed by atoms with E-state index in [0.29, 0.717) is 12.4 Å². The second kappa shape index (κ2) is 4.86. The number of hydrogen-bond donors (Lipinski definition) is 1. The predicted molar refractivity (Wildman–Crippen MR) is 65.6 cm³/mol. The third-order valence-electron chi connectivity index (χ3n) is 2.33. The van der Waals surface area contributed by atoms with E-state index in [1.54, 1.807) is 17.1 Å². The van der Waals surface area contributed by atoms with Crippen LogP contribution in [-0.4, -0.2) is 14.8 Å². The largest absolute Gasteiger partial charge is 0.486 e. The van der Waals surface area contributed by atoms with Gasteiger partial charge in [0.25, 0.3) is 0 Å². The Balaban J connectivity index is 2.02. The van der Waals surface area contributed by atoms with Crippen LogP contribution in [0.2, 0.25) is 0 Å². The summed E-state index contributed by atoms with van der Waals surface area (Å²) >= 11 is 0. The lowest BCUT2D eigenvalue weighted by Gasteiger charge is -2.06. The van der Waals surface area contributed by atoms with Crippen LogP contribution in [0.25, 0.3) is 0 Å². The number of ether oxygens (including phenoxy) is 1. The van der Waals surface area contributed by atoms with Crippen molar-refractivity contribution in [3.63, 3.8) is 0 Å². The fourth-order valence-electron chi connectivity index (χ4n) is 1.54. The molecule has 0 saturated carbocycles. The summed E-state index contributed by atoms with van der Waals surface area (Å²) in [7, 11) is 0. The molecular formula is C12H16N4O. The van der Waals surface area contributed by atoms with Gasteiger partial charge in [-0.2, -0.15) is 5.10 Å². The summed E-state index contributed by atoms with van der Waals surface area (Å²) < 4.78 is 7.33. The van der Waals surface area contributed by atoms with Crippen molar-refractivity contribution in [3.05, 3.63) is 36.3 Å². The Hall–Kier alpha value is -2.04. The van der Waals surface area contributed by atoms with Crippen LogP contribution in [0.1, 0.15) is 25.6 Å². The van der Waals surface area contributed by atoms with Crippen LogP contribution in [-0.2, 0) is 6.61 Å². The molecule has 2 N–H and O–H groups in total. The number of nitrogens with two attached hydrogens (primary N) is 1. The number of rotatable bonds is 4. The van der Waals surface area contributed by atoms with Crippen LogP contribution in [0.5, 0.6) is 5.75 Å². The third-order valence-corrected chi connectivity index (χ3v) is 2.33. The first-order chi connectivity index (χ1) is 8.16. The Labute approximate surface area is 100 Å². The fourth-order valence-corrected chi connectivity index (χ4v) is 1.54. The Kier molecular flexibility index (Phi) is 3.27.